The summed E-state index contributed by atoms with van der Waals surface area (Å²) in [6.45, 7) is 2.32. The molecule has 0 fully saturated rings. The van der Waals surface area contributed by atoms with Crippen molar-refractivity contribution in [2.45, 2.75) is 64.4 Å². The van der Waals surface area contributed by atoms with Gasteiger partial charge < -0.3 is 14.9 Å². The van der Waals surface area contributed by atoms with Gasteiger partial charge in [0.05, 0.1) is 12.7 Å². The quantitative estimate of drug-likeness (QED) is 0.439. The molecule has 1 unspecified atom stereocenters. The molecule has 0 bridgehead atoms. The highest BCUT2D eigenvalue weighted by Gasteiger charge is 2.04. The summed E-state index contributed by atoms with van der Waals surface area (Å²) in [7, 11) is 0. The molecule has 5 nitrogen and oxygen atoms in total. The van der Waals surface area contributed by atoms with Crippen molar-refractivity contribution in [1.82, 2.24) is 0 Å². The smallest absolute Gasteiger partial charge is 0.305 e. The van der Waals surface area contributed by atoms with E-state index in [0.717, 1.165) is 25.7 Å². The number of unbranched alkanes of at least 4 members (excludes halogenated alkanes) is 2. The molecule has 0 saturated heterocycles. The Hall–Kier alpha value is -1.10. The summed E-state index contributed by atoms with van der Waals surface area (Å²) in [6.07, 6.45) is 4.30. The van der Waals surface area contributed by atoms with Gasteiger partial charge in [0.1, 0.15) is 0 Å². The molecule has 0 aliphatic rings. The van der Waals surface area contributed by atoms with Gasteiger partial charge in [0.25, 0.3) is 0 Å². The van der Waals surface area contributed by atoms with E-state index in [1.165, 1.54) is 0 Å². The van der Waals surface area contributed by atoms with Crippen LogP contribution < -0.4 is 0 Å². The number of hydrogen-bond donors (Lipinski definition) is 2. The molecule has 2 N–H and O–H groups in total. The molecule has 0 aliphatic carbocycles. The SMILES string of the molecule is CCC(O)CCCCOC(=O)CCCCC(=O)O. The van der Waals surface area contributed by atoms with E-state index in [4.69, 9.17) is 9.84 Å². The zero-order chi connectivity index (χ0) is 13.8. The van der Waals surface area contributed by atoms with E-state index in [9.17, 15) is 14.7 Å². The molecule has 0 rings (SSSR count). The highest BCUT2D eigenvalue weighted by atomic mass is 16.5. The van der Waals surface area contributed by atoms with E-state index in [0.29, 0.717) is 19.4 Å². The van der Waals surface area contributed by atoms with Crippen molar-refractivity contribution < 1.29 is 24.5 Å². The average molecular weight is 260 g/mol. The Morgan fingerprint density at radius 1 is 1.11 bits per heavy atom. The number of ether oxygens (including phenoxy) is 1. The molecule has 5 heteroatoms. The van der Waals surface area contributed by atoms with Crippen molar-refractivity contribution in [2.24, 2.45) is 0 Å². The number of aliphatic hydroxyl groups excluding tert-OH is 1. The highest BCUT2D eigenvalue weighted by Crippen LogP contribution is 2.05. The molecule has 1 atom stereocenters. The van der Waals surface area contributed by atoms with Crippen LogP contribution in [0.2, 0.25) is 0 Å². The summed E-state index contributed by atoms with van der Waals surface area (Å²) in [5, 5.41) is 17.7. The lowest BCUT2D eigenvalue weighted by Crippen LogP contribution is -2.08. The maximum absolute atomic E-state index is 11.2. The lowest BCUT2D eigenvalue weighted by Gasteiger charge is -2.07. The van der Waals surface area contributed by atoms with Gasteiger partial charge in [0.2, 0.25) is 0 Å². The Labute approximate surface area is 108 Å². The number of carbonyl (C=O) groups excluding carboxylic acids is 1. The van der Waals surface area contributed by atoms with Gasteiger partial charge in [0.15, 0.2) is 0 Å². The van der Waals surface area contributed by atoms with Crippen molar-refractivity contribution in [3.05, 3.63) is 0 Å². The fraction of sp³-hybridized carbons (Fsp3) is 0.846. The van der Waals surface area contributed by atoms with Crippen LogP contribution >= 0.6 is 0 Å². The first-order chi connectivity index (χ1) is 8.56. The predicted molar refractivity (Wildman–Crippen MR) is 67.2 cm³/mol. The van der Waals surface area contributed by atoms with Crippen molar-refractivity contribution in [3.63, 3.8) is 0 Å². The summed E-state index contributed by atoms with van der Waals surface area (Å²) in [6, 6.07) is 0. The third-order valence-electron chi connectivity index (χ3n) is 2.69. The summed E-state index contributed by atoms with van der Waals surface area (Å²) in [4.78, 5) is 21.5. The van der Waals surface area contributed by atoms with Crippen LogP contribution in [0.3, 0.4) is 0 Å². The first-order valence-corrected chi connectivity index (χ1v) is 6.61. The molecule has 0 aromatic heterocycles. The fourth-order valence-electron chi connectivity index (χ4n) is 1.49. The van der Waals surface area contributed by atoms with Gasteiger partial charge in [-0.05, 0) is 38.5 Å². The number of rotatable bonds is 11. The molecule has 0 radical (unpaired) electrons. The van der Waals surface area contributed by atoms with Crippen LogP contribution in [0.15, 0.2) is 0 Å². The number of aliphatic carboxylic acids is 1. The van der Waals surface area contributed by atoms with E-state index in [1.54, 1.807) is 0 Å². The Morgan fingerprint density at radius 2 is 1.78 bits per heavy atom. The number of esters is 1. The maximum atomic E-state index is 11.2. The van der Waals surface area contributed by atoms with Crippen LogP contribution in [0.25, 0.3) is 0 Å². The van der Waals surface area contributed by atoms with Crippen molar-refractivity contribution in [2.75, 3.05) is 6.61 Å². The van der Waals surface area contributed by atoms with Crippen LogP contribution in [-0.2, 0) is 14.3 Å². The van der Waals surface area contributed by atoms with Crippen molar-refractivity contribution >= 4 is 11.9 Å². The van der Waals surface area contributed by atoms with Crippen LogP contribution in [0, 0.1) is 0 Å². The Kier molecular flexibility index (Phi) is 10.3. The highest BCUT2D eigenvalue weighted by molar-refractivity contribution is 5.69. The monoisotopic (exact) mass is 260 g/mol. The first-order valence-electron chi connectivity index (χ1n) is 6.61. The van der Waals surface area contributed by atoms with Gasteiger partial charge in [-0.15, -0.1) is 0 Å². The van der Waals surface area contributed by atoms with Gasteiger partial charge in [-0.25, -0.2) is 0 Å². The number of carboxylic acids is 1. The van der Waals surface area contributed by atoms with Gasteiger partial charge >= 0.3 is 11.9 Å². The third kappa shape index (κ3) is 11.4. The van der Waals surface area contributed by atoms with Gasteiger partial charge in [0, 0.05) is 12.8 Å². The molecule has 0 aromatic carbocycles. The van der Waals surface area contributed by atoms with Crippen LogP contribution in [-0.4, -0.2) is 34.9 Å². The van der Waals surface area contributed by atoms with Gasteiger partial charge in [-0.3, -0.25) is 9.59 Å². The second-order valence-corrected chi connectivity index (χ2v) is 4.38. The van der Waals surface area contributed by atoms with Crippen LogP contribution in [0.4, 0.5) is 0 Å². The number of hydrogen-bond acceptors (Lipinski definition) is 4. The lowest BCUT2D eigenvalue weighted by molar-refractivity contribution is -0.144. The van der Waals surface area contributed by atoms with E-state index >= 15 is 0 Å². The molecule has 106 valence electrons. The van der Waals surface area contributed by atoms with E-state index in [2.05, 4.69) is 0 Å². The largest absolute Gasteiger partial charge is 0.481 e. The van der Waals surface area contributed by atoms with E-state index in [1.807, 2.05) is 6.92 Å². The third-order valence-corrected chi connectivity index (χ3v) is 2.69. The van der Waals surface area contributed by atoms with Crippen molar-refractivity contribution in [3.8, 4) is 0 Å². The fourth-order valence-corrected chi connectivity index (χ4v) is 1.49. The topological polar surface area (TPSA) is 83.8 Å². The maximum Gasteiger partial charge on any atom is 0.305 e. The second kappa shape index (κ2) is 11.0. The Bertz CT molecular complexity index is 240. The Balaban J connectivity index is 3.29. The minimum Gasteiger partial charge on any atom is -0.481 e. The minimum absolute atomic E-state index is 0.0994. The number of aliphatic hydroxyl groups is 1. The molecule has 0 aliphatic heterocycles. The molecule has 18 heavy (non-hydrogen) atoms. The molecular weight excluding hydrogens is 236 g/mol. The average Bonchev–Trinajstić information content (AvgIpc) is 2.33. The zero-order valence-corrected chi connectivity index (χ0v) is 11.1. The number of carboxylic acid groups (broad SMARTS) is 1. The standard InChI is InChI=1S/C13H24O5/c1-2-11(14)7-5-6-10-18-13(17)9-4-3-8-12(15)16/h11,14H,2-10H2,1H3,(H,15,16). The summed E-state index contributed by atoms with van der Waals surface area (Å²) in [5.41, 5.74) is 0. The first kappa shape index (κ1) is 16.9. The zero-order valence-electron chi connectivity index (χ0n) is 11.1. The van der Waals surface area contributed by atoms with E-state index < -0.39 is 5.97 Å². The van der Waals surface area contributed by atoms with Crippen LogP contribution in [0.1, 0.15) is 58.3 Å². The molecule has 0 aromatic rings. The summed E-state index contributed by atoms with van der Waals surface area (Å²) < 4.78 is 5.00. The molecule has 0 saturated carbocycles. The molecule has 0 heterocycles. The van der Waals surface area contributed by atoms with Crippen LogP contribution in [0.5, 0.6) is 0 Å². The lowest BCUT2D eigenvalue weighted by atomic mass is 10.1. The van der Waals surface area contributed by atoms with E-state index in [-0.39, 0.29) is 24.9 Å². The summed E-state index contributed by atoms with van der Waals surface area (Å²) in [5.74, 6) is -1.10. The van der Waals surface area contributed by atoms with Gasteiger partial charge in [-0.1, -0.05) is 6.92 Å². The molecule has 0 spiro atoms. The Morgan fingerprint density at radius 3 is 2.39 bits per heavy atom. The van der Waals surface area contributed by atoms with Gasteiger partial charge in [-0.2, -0.15) is 0 Å². The predicted octanol–water partition coefficient (Wildman–Crippen LogP) is 2.12. The normalized spacial score (nSPS) is 12.1. The summed E-state index contributed by atoms with van der Waals surface area (Å²) >= 11 is 0. The molecule has 0 amide bonds. The molecular formula is C13H24O5. The minimum atomic E-state index is -0.835. The second-order valence-electron chi connectivity index (χ2n) is 4.38. The number of carbonyl (C=O) groups is 2. The van der Waals surface area contributed by atoms with Crippen molar-refractivity contribution in [1.29, 1.82) is 0 Å².